The molecule has 0 unspecified atom stereocenters. The van der Waals surface area contributed by atoms with Gasteiger partial charge in [-0.3, -0.25) is 10.1 Å². The predicted octanol–water partition coefficient (Wildman–Crippen LogP) is 1.97. The molecule has 0 heterocycles. The summed E-state index contributed by atoms with van der Waals surface area (Å²) in [6.07, 6.45) is 3.50. The zero-order chi connectivity index (χ0) is 13.6. The third-order valence-corrected chi connectivity index (χ3v) is 2.25. The number of para-hydroxylation sites is 1. The number of nitrogens with zero attached hydrogens (tertiary/aromatic N) is 1. The molecule has 0 saturated carbocycles. The number of nitro benzene ring substituents is 1. The van der Waals surface area contributed by atoms with Gasteiger partial charge in [0.1, 0.15) is 0 Å². The van der Waals surface area contributed by atoms with E-state index in [1.54, 1.807) is 44.2 Å². The molecule has 0 bridgehead atoms. The second kappa shape index (κ2) is 6.28. The minimum atomic E-state index is -0.757. The van der Waals surface area contributed by atoms with Gasteiger partial charge in [0.05, 0.1) is 16.1 Å². The zero-order valence-corrected chi connectivity index (χ0v) is 10.6. The lowest BCUT2D eigenvalue weighted by Gasteiger charge is -2.16. The van der Waals surface area contributed by atoms with Crippen molar-refractivity contribution in [3.05, 3.63) is 46.0 Å². The van der Waals surface area contributed by atoms with Gasteiger partial charge in [0.25, 0.3) is 5.69 Å². The van der Waals surface area contributed by atoms with Crippen molar-refractivity contribution in [2.75, 3.05) is 13.1 Å². The van der Waals surface area contributed by atoms with Crippen molar-refractivity contribution < 1.29 is 10.0 Å². The minimum absolute atomic E-state index is 0.0937. The van der Waals surface area contributed by atoms with Gasteiger partial charge >= 0.3 is 0 Å². The fraction of sp³-hybridized carbons (Fsp3) is 0.385. The van der Waals surface area contributed by atoms with Gasteiger partial charge in [0.2, 0.25) is 0 Å². The summed E-state index contributed by atoms with van der Waals surface area (Å²) in [4.78, 5) is 10.4. The molecule has 0 radical (unpaired) electrons. The van der Waals surface area contributed by atoms with Crippen molar-refractivity contribution in [2.45, 2.75) is 19.4 Å². The third-order valence-electron chi connectivity index (χ3n) is 2.25. The molecule has 0 aromatic heterocycles. The SMILES string of the molecule is CC(C)(O)CNC/C=C/c1ccccc1[N+](=O)[O-]. The highest BCUT2D eigenvalue weighted by molar-refractivity contribution is 5.60. The first-order valence-corrected chi connectivity index (χ1v) is 5.73. The summed E-state index contributed by atoms with van der Waals surface area (Å²) in [7, 11) is 0. The van der Waals surface area contributed by atoms with E-state index in [2.05, 4.69) is 5.32 Å². The summed E-state index contributed by atoms with van der Waals surface area (Å²) in [5, 5.41) is 23.3. The van der Waals surface area contributed by atoms with Crippen molar-refractivity contribution in [1.29, 1.82) is 0 Å². The number of benzene rings is 1. The smallest absolute Gasteiger partial charge is 0.276 e. The number of rotatable bonds is 6. The lowest BCUT2D eigenvalue weighted by Crippen LogP contribution is -2.34. The highest BCUT2D eigenvalue weighted by atomic mass is 16.6. The molecule has 0 saturated heterocycles. The van der Waals surface area contributed by atoms with E-state index >= 15 is 0 Å². The molecule has 1 aromatic rings. The first kappa shape index (κ1) is 14.3. The predicted molar refractivity (Wildman–Crippen MR) is 71.3 cm³/mol. The fourth-order valence-corrected chi connectivity index (χ4v) is 1.44. The van der Waals surface area contributed by atoms with Crippen molar-refractivity contribution in [3.8, 4) is 0 Å². The fourth-order valence-electron chi connectivity index (χ4n) is 1.44. The Morgan fingerprint density at radius 3 is 2.72 bits per heavy atom. The second-order valence-corrected chi connectivity index (χ2v) is 4.66. The van der Waals surface area contributed by atoms with E-state index in [9.17, 15) is 15.2 Å². The van der Waals surface area contributed by atoms with Gasteiger partial charge in [-0.25, -0.2) is 0 Å². The van der Waals surface area contributed by atoms with Crippen LogP contribution < -0.4 is 5.32 Å². The van der Waals surface area contributed by atoms with Crippen LogP contribution in [0.25, 0.3) is 6.08 Å². The Bertz CT molecular complexity index is 436. The Labute approximate surface area is 106 Å². The van der Waals surface area contributed by atoms with E-state index in [1.807, 2.05) is 0 Å². The Kier molecular flexibility index (Phi) is 5.00. The van der Waals surface area contributed by atoms with Gasteiger partial charge in [0.15, 0.2) is 0 Å². The van der Waals surface area contributed by atoms with Gasteiger partial charge in [-0.1, -0.05) is 24.3 Å². The Morgan fingerprint density at radius 2 is 2.11 bits per heavy atom. The van der Waals surface area contributed by atoms with E-state index in [1.165, 1.54) is 6.07 Å². The molecular formula is C13H18N2O3. The van der Waals surface area contributed by atoms with Gasteiger partial charge in [-0.05, 0) is 19.9 Å². The van der Waals surface area contributed by atoms with E-state index < -0.39 is 10.5 Å². The molecular weight excluding hydrogens is 232 g/mol. The highest BCUT2D eigenvalue weighted by Gasteiger charge is 2.10. The molecule has 5 heteroatoms. The monoisotopic (exact) mass is 250 g/mol. The quantitative estimate of drug-likeness (QED) is 0.460. The number of aliphatic hydroxyl groups is 1. The van der Waals surface area contributed by atoms with Crippen LogP contribution in [0.1, 0.15) is 19.4 Å². The molecule has 0 fully saturated rings. The Hall–Kier alpha value is -1.72. The van der Waals surface area contributed by atoms with Crippen LogP contribution >= 0.6 is 0 Å². The molecule has 0 amide bonds. The van der Waals surface area contributed by atoms with E-state index in [0.29, 0.717) is 18.7 Å². The molecule has 98 valence electrons. The highest BCUT2D eigenvalue weighted by Crippen LogP contribution is 2.18. The molecule has 0 aliphatic rings. The maximum Gasteiger partial charge on any atom is 0.276 e. The summed E-state index contributed by atoms with van der Waals surface area (Å²) in [5.74, 6) is 0. The van der Waals surface area contributed by atoms with Gasteiger partial charge in [0, 0.05) is 19.2 Å². The number of hydrogen-bond donors (Lipinski definition) is 2. The van der Waals surface area contributed by atoms with Crippen molar-refractivity contribution in [1.82, 2.24) is 5.32 Å². The largest absolute Gasteiger partial charge is 0.389 e. The van der Waals surface area contributed by atoms with Crippen molar-refractivity contribution >= 4 is 11.8 Å². The number of hydrogen-bond acceptors (Lipinski definition) is 4. The van der Waals surface area contributed by atoms with Crippen molar-refractivity contribution in [2.24, 2.45) is 0 Å². The van der Waals surface area contributed by atoms with E-state index in [0.717, 1.165) is 0 Å². The molecule has 0 aliphatic carbocycles. The molecule has 5 nitrogen and oxygen atoms in total. The second-order valence-electron chi connectivity index (χ2n) is 4.66. The molecule has 2 N–H and O–H groups in total. The Balaban J connectivity index is 2.55. The lowest BCUT2D eigenvalue weighted by atomic mass is 10.1. The molecule has 0 aliphatic heterocycles. The normalized spacial score (nSPS) is 11.9. The average Bonchev–Trinajstić information content (AvgIpc) is 2.27. The third kappa shape index (κ3) is 5.07. The van der Waals surface area contributed by atoms with Crippen LogP contribution in [-0.2, 0) is 0 Å². The first-order chi connectivity index (χ1) is 8.40. The van der Waals surface area contributed by atoms with Crippen LogP contribution in [0.15, 0.2) is 30.3 Å². The zero-order valence-electron chi connectivity index (χ0n) is 10.6. The van der Waals surface area contributed by atoms with E-state index in [-0.39, 0.29) is 5.69 Å². The van der Waals surface area contributed by atoms with Crippen LogP contribution in [0.3, 0.4) is 0 Å². The maximum absolute atomic E-state index is 10.8. The van der Waals surface area contributed by atoms with Crippen LogP contribution in [0.2, 0.25) is 0 Å². The topological polar surface area (TPSA) is 75.4 Å². The van der Waals surface area contributed by atoms with Gasteiger partial charge in [-0.15, -0.1) is 0 Å². The summed E-state index contributed by atoms with van der Waals surface area (Å²) in [6, 6.07) is 6.58. The molecule has 0 atom stereocenters. The van der Waals surface area contributed by atoms with E-state index in [4.69, 9.17) is 0 Å². The summed E-state index contributed by atoms with van der Waals surface area (Å²) in [6.45, 7) is 4.45. The van der Waals surface area contributed by atoms with Crippen LogP contribution in [-0.4, -0.2) is 28.7 Å². The van der Waals surface area contributed by atoms with Crippen LogP contribution in [0.4, 0.5) is 5.69 Å². The summed E-state index contributed by atoms with van der Waals surface area (Å²) in [5.41, 5.74) is -0.0872. The molecule has 1 aromatic carbocycles. The Morgan fingerprint density at radius 1 is 1.44 bits per heavy atom. The van der Waals surface area contributed by atoms with Crippen LogP contribution in [0, 0.1) is 10.1 Å². The first-order valence-electron chi connectivity index (χ1n) is 5.73. The number of nitro groups is 1. The summed E-state index contributed by atoms with van der Waals surface area (Å²) < 4.78 is 0. The minimum Gasteiger partial charge on any atom is -0.389 e. The molecule has 18 heavy (non-hydrogen) atoms. The summed E-state index contributed by atoms with van der Waals surface area (Å²) >= 11 is 0. The lowest BCUT2D eigenvalue weighted by molar-refractivity contribution is -0.385. The van der Waals surface area contributed by atoms with Crippen molar-refractivity contribution in [3.63, 3.8) is 0 Å². The average molecular weight is 250 g/mol. The van der Waals surface area contributed by atoms with Crippen LogP contribution in [0.5, 0.6) is 0 Å². The molecule has 1 rings (SSSR count). The maximum atomic E-state index is 10.8. The number of nitrogens with one attached hydrogen (secondary N) is 1. The standard InChI is InChI=1S/C13H18N2O3/c1-13(2,16)10-14-9-5-7-11-6-3-4-8-12(11)15(17)18/h3-8,14,16H,9-10H2,1-2H3/b7-5+. The van der Waals surface area contributed by atoms with Gasteiger partial charge < -0.3 is 10.4 Å². The van der Waals surface area contributed by atoms with Gasteiger partial charge in [-0.2, -0.15) is 0 Å². The molecule has 0 spiro atoms.